The molecule has 0 spiro atoms. The van der Waals surface area contributed by atoms with Crippen molar-refractivity contribution in [3.05, 3.63) is 10.4 Å². The maximum Gasteiger partial charge on any atom is 0.187 e. The smallest absolute Gasteiger partial charge is 0.187 e. The quantitative estimate of drug-likeness (QED) is 0.0373. The van der Waals surface area contributed by atoms with Gasteiger partial charge in [-0.25, -0.2) is 0 Å². The molecule has 0 amide bonds. The zero-order chi connectivity index (χ0) is 60.3. The molecule has 35 atom stereocenters. The van der Waals surface area contributed by atoms with Crippen LogP contribution in [0, 0.1) is 0 Å². The Labute approximate surface area is 468 Å². The Morgan fingerprint density at radius 2 is 0.494 bits per heavy atom. The summed E-state index contributed by atoms with van der Waals surface area (Å²) in [5.41, 5.74) is 8.79. The van der Waals surface area contributed by atoms with Gasteiger partial charge in [-0.05, 0) is 12.0 Å². The fourth-order valence-electron chi connectivity index (χ4n) is 11.0. The highest BCUT2D eigenvalue weighted by Gasteiger charge is 2.60. The van der Waals surface area contributed by atoms with Gasteiger partial charge in [-0.1, -0.05) is 5.11 Å². The van der Waals surface area contributed by atoms with Crippen molar-refractivity contribution in [3.8, 4) is 0 Å². The van der Waals surface area contributed by atoms with Crippen LogP contribution in [0.2, 0.25) is 0 Å². The first kappa shape index (κ1) is 66.9. The largest absolute Gasteiger partial charge is 0.394 e. The lowest BCUT2D eigenvalue weighted by Crippen LogP contribution is -2.68. The number of nitrogens with zero attached hydrogens (tertiary/aromatic N) is 3. The van der Waals surface area contributed by atoms with Crippen molar-refractivity contribution in [2.75, 3.05) is 59.4 Å². The Kier molecular flexibility index (Phi) is 23.7. The fraction of sp³-hybridized carbons (Fsp3) is 1.00. The molecule has 0 aromatic carbocycles. The van der Waals surface area contributed by atoms with Gasteiger partial charge < -0.3 is 173 Å². The van der Waals surface area contributed by atoms with Crippen LogP contribution < -0.4 is 0 Å². The van der Waals surface area contributed by atoms with Crippen molar-refractivity contribution in [2.45, 2.75) is 221 Å². The predicted molar refractivity (Wildman–Crippen MR) is 251 cm³/mol. The van der Waals surface area contributed by atoms with E-state index in [0.717, 1.165) is 0 Å². The summed E-state index contributed by atoms with van der Waals surface area (Å²) in [6.07, 6.45) is -69.7. The van der Waals surface area contributed by atoms with E-state index in [4.69, 9.17) is 76.6 Å². The van der Waals surface area contributed by atoms with Crippen molar-refractivity contribution >= 4 is 0 Å². The number of azide groups is 1. The summed E-state index contributed by atoms with van der Waals surface area (Å²) in [4.78, 5) is 2.65. The van der Waals surface area contributed by atoms with Crippen LogP contribution in [0.3, 0.4) is 0 Å². The van der Waals surface area contributed by atoms with Gasteiger partial charge in [0.25, 0.3) is 0 Å². The second kappa shape index (κ2) is 29.5. The fourth-order valence-corrected chi connectivity index (χ4v) is 11.0. The maximum absolute atomic E-state index is 12.0. The van der Waals surface area contributed by atoms with Crippen LogP contribution in [0.4, 0.5) is 0 Å². The molecular weight excluding hydrogens is 1140 g/mol. The third kappa shape index (κ3) is 13.9. The standard InChI is InChI=1S/C45H75N3O35/c46-48-47-2-1-3-69-38-30(68)37-17(10-55)76-45(38)83-36-16(9-54)75-43(29(67)23(36)61)81-34-14(7-52)73-41(27(65)21(34)59)79-32-12(5-50)71-39(25(63)19(32)57)77-31-11(4-49)70-40(24(62)18(31)56)78-33-13(6-51)72-42(26(64)20(33)58)80-35-15(8-53)74-44(82-37)28(66)22(35)60/h11-45,49-68H,1-10H2/t11-,12-,13-,14-,15-,16-,17-,18-,19-,20-,21-,22-,23-,24-,25-,26-,27-,28-,29-,30+,31-,32-,33-,34-,35-,36-,37+,38-,39-,40-,41-,42-,43-,44-,45+/m1/s1. The Morgan fingerprint density at radius 3 is 0.711 bits per heavy atom. The van der Waals surface area contributed by atoms with Crippen LogP contribution in [0.15, 0.2) is 5.11 Å². The second-order valence-corrected chi connectivity index (χ2v) is 20.8. The molecular formula is C45H75N3O35. The van der Waals surface area contributed by atoms with Gasteiger partial charge in [0.1, 0.15) is 171 Å². The molecule has 0 aliphatic carbocycles. The molecule has 83 heavy (non-hydrogen) atoms. The number of rotatable bonds is 12. The van der Waals surface area contributed by atoms with Gasteiger partial charge in [0.05, 0.1) is 46.2 Å². The van der Waals surface area contributed by atoms with Crippen molar-refractivity contribution in [3.63, 3.8) is 0 Å². The van der Waals surface area contributed by atoms with Crippen LogP contribution in [-0.2, 0) is 71.1 Å². The first-order valence-electron chi connectivity index (χ1n) is 26.6. The van der Waals surface area contributed by atoms with E-state index in [1.54, 1.807) is 0 Å². The number of hydrogen-bond donors (Lipinski definition) is 20. The van der Waals surface area contributed by atoms with Gasteiger partial charge in [0.2, 0.25) is 0 Å². The Bertz CT molecular complexity index is 2040. The summed E-state index contributed by atoms with van der Waals surface area (Å²) in [6, 6.07) is 0. The van der Waals surface area contributed by atoms with E-state index < -0.39 is 261 Å². The van der Waals surface area contributed by atoms with Crippen molar-refractivity contribution in [2.24, 2.45) is 5.11 Å². The van der Waals surface area contributed by atoms with E-state index in [9.17, 15) is 102 Å². The summed E-state index contributed by atoms with van der Waals surface area (Å²) >= 11 is 0. The van der Waals surface area contributed by atoms with Crippen molar-refractivity contribution < 1.29 is 173 Å². The summed E-state index contributed by atoms with van der Waals surface area (Å²) in [5, 5.41) is 225. The topological polar surface area (TPSA) is 592 Å². The van der Waals surface area contributed by atoms with E-state index in [1.165, 1.54) is 0 Å². The third-order valence-corrected chi connectivity index (χ3v) is 15.5. The number of ether oxygens (including phenoxy) is 15. The Hall–Kier alpha value is -2.09. The minimum Gasteiger partial charge on any atom is -0.394 e. The molecule has 480 valence electrons. The second-order valence-electron chi connectivity index (χ2n) is 20.8. The van der Waals surface area contributed by atoms with Crippen LogP contribution in [0.25, 0.3) is 10.4 Å². The maximum atomic E-state index is 12.0. The van der Waals surface area contributed by atoms with Crippen LogP contribution in [-0.4, -0.2) is 376 Å². The summed E-state index contributed by atoms with van der Waals surface area (Å²) < 4.78 is 86.8. The molecule has 15 aliphatic rings. The number of hydrogen-bond acceptors (Lipinski definition) is 36. The molecule has 0 saturated carbocycles. The molecule has 20 N–H and O–H groups in total. The van der Waals surface area contributed by atoms with Gasteiger partial charge in [0.15, 0.2) is 44.0 Å². The summed E-state index contributed by atoms with van der Waals surface area (Å²) in [6.45, 7) is -7.81. The Balaban J connectivity index is 1.10. The lowest BCUT2D eigenvalue weighted by Gasteiger charge is -2.50. The first-order chi connectivity index (χ1) is 39.7. The SMILES string of the molecule is [N-]=[N+]=NCCCO[C@H]1[C@@H]2O[C@H]3[C@H](O)[C@@H](O)[C@@H](O[C@H]4[C@H](O)[C@@H](O)[C@@H](O[C@H]5[C@H](O)[C@@H](O)[C@@H](O[C@H]6[C@H](O)[C@@H](O)[C@@H](O[C@H]7[C@H](O)[C@@H](O)[C@@H](O[C@H]8[C@H](O)[C@@H](O)[C@@H](O[C@H]([C@@H]1O)[C@@H](CO)O2)O[C@@H]8CO)O[C@@H]7CO)O[C@@H]6CO)O[C@@H]5CO)O[C@@H]4CO)O[C@@H]3CO. The molecule has 0 radical (unpaired) electrons. The van der Waals surface area contributed by atoms with E-state index >= 15 is 0 Å². The molecule has 0 unspecified atom stereocenters. The normalized spacial score (nSPS) is 52.1. The van der Waals surface area contributed by atoms with E-state index in [2.05, 4.69) is 10.0 Å². The third-order valence-electron chi connectivity index (χ3n) is 15.5. The van der Waals surface area contributed by atoms with Crippen LogP contribution >= 0.6 is 0 Å². The molecule has 0 aromatic rings. The molecule has 15 aliphatic heterocycles. The highest BCUT2D eigenvalue weighted by molar-refractivity contribution is 5.02. The predicted octanol–water partition coefficient (Wildman–Crippen LogP) is -13.5. The summed E-state index contributed by atoms with van der Waals surface area (Å²) in [5.74, 6) is 0. The highest BCUT2D eigenvalue weighted by atomic mass is 16.8. The zero-order valence-electron chi connectivity index (χ0n) is 43.7. The average Bonchev–Trinajstić information content (AvgIpc) is 3.29. The summed E-state index contributed by atoms with van der Waals surface area (Å²) in [7, 11) is 0. The zero-order valence-corrected chi connectivity index (χ0v) is 43.7. The molecule has 38 nitrogen and oxygen atoms in total. The first-order valence-corrected chi connectivity index (χ1v) is 26.6. The van der Waals surface area contributed by atoms with E-state index in [0.29, 0.717) is 0 Å². The van der Waals surface area contributed by atoms with Gasteiger partial charge in [-0.15, -0.1) is 0 Å². The van der Waals surface area contributed by atoms with Gasteiger partial charge in [-0.2, -0.15) is 0 Å². The molecule has 0 aromatic heterocycles. The van der Waals surface area contributed by atoms with Gasteiger partial charge >= 0.3 is 0 Å². The number of aliphatic hydroxyl groups excluding tert-OH is 20. The van der Waals surface area contributed by atoms with Gasteiger partial charge in [0, 0.05) is 18.1 Å². The molecule has 15 fully saturated rings. The van der Waals surface area contributed by atoms with Crippen LogP contribution in [0.5, 0.6) is 0 Å². The van der Waals surface area contributed by atoms with E-state index in [-0.39, 0.29) is 19.6 Å². The Morgan fingerprint density at radius 1 is 0.289 bits per heavy atom. The number of aliphatic hydroxyl groups is 20. The average molecular weight is 1220 g/mol. The van der Waals surface area contributed by atoms with Crippen molar-refractivity contribution in [1.29, 1.82) is 0 Å². The minimum absolute atomic E-state index is 0.000349. The lowest BCUT2D eigenvalue weighted by atomic mass is 9.95. The highest BCUT2D eigenvalue weighted by Crippen LogP contribution is 2.39. The molecule has 14 bridgehead atoms. The van der Waals surface area contributed by atoms with Crippen molar-refractivity contribution in [1.82, 2.24) is 0 Å². The van der Waals surface area contributed by atoms with Crippen LogP contribution in [0.1, 0.15) is 6.42 Å². The minimum atomic E-state index is -2.22. The van der Waals surface area contributed by atoms with E-state index in [1.807, 2.05) is 0 Å². The van der Waals surface area contributed by atoms with Gasteiger partial charge in [-0.3, -0.25) is 0 Å². The number of fused-ring (bicyclic) bond motifs is 7. The lowest BCUT2D eigenvalue weighted by molar-refractivity contribution is -0.398. The molecule has 15 saturated heterocycles. The molecule has 15 heterocycles. The molecule has 38 heteroatoms. The monoisotopic (exact) mass is 1220 g/mol. The molecule has 15 rings (SSSR count).